The summed E-state index contributed by atoms with van der Waals surface area (Å²) in [5.41, 5.74) is 7.92. The van der Waals surface area contributed by atoms with E-state index in [1.54, 1.807) is 12.1 Å². The molecule has 0 aliphatic carbocycles. The molecule has 1 aliphatic heterocycles. The quantitative estimate of drug-likeness (QED) is 0.625. The van der Waals surface area contributed by atoms with Crippen molar-refractivity contribution >= 4 is 11.4 Å². The fourth-order valence-electron chi connectivity index (χ4n) is 2.23. The molecule has 2 rings (SSSR count). The molecule has 1 saturated heterocycles. The molecule has 1 heterocycles. The predicted octanol–water partition coefficient (Wildman–Crippen LogP) is 1.69. The summed E-state index contributed by atoms with van der Waals surface area (Å²) in [6.07, 6.45) is 0. The molecule has 0 radical (unpaired) electrons. The van der Waals surface area contributed by atoms with E-state index in [0.29, 0.717) is 5.92 Å². The van der Waals surface area contributed by atoms with Crippen LogP contribution in [0.4, 0.5) is 11.4 Å². The Balaban J connectivity index is 2.30. The van der Waals surface area contributed by atoms with Crippen LogP contribution in [0.15, 0.2) is 18.2 Å². The van der Waals surface area contributed by atoms with Crippen LogP contribution in [0.2, 0.25) is 0 Å². The van der Waals surface area contributed by atoms with Gasteiger partial charge in [0.2, 0.25) is 0 Å². The second-order valence-corrected chi connectivity index (χ2v) is 4.83. The van der Waals surface area contributed by atoms with Crippen LogP contribution in [-0.4, -0.2) is 24.1 Å². The minimum atomic E-state index is -0.351. The molecule has 0 spiro atoms. The number of nitro groups is 1. The van der Waals surface area contributed by atoms with Crippen LogP contribution >= 0.6 is 0 Å². The van der Waals surface area contributed by atoms with Gasteiger partial charge < -0.3 is 10.6 Å². The lowest BCUT2D eigenvalue weighted by atomic mass is 10.1. The lowest BCUT2D eigenvalue weighted by molar-refractivity contribution is -0.384. The van der Waals surface area contributed by atoms with E-state index in [9.17, 15) is 10.1 Å². The lowest BCUT2D eigenvalue weighted by Crippen LogP contribution is -2.28. The van der Waals surface area contributed by atoms with Gasteiger partial charge in [0.15, 0.2) is 0 Å². The average Bonchev–Trinajstić information content (AvgIpc) is 2.58. The van der Waals surface area contributed by atoms with Gasteiger partial charge in [0.25, 0.3) is 5.69 Å². The number of rotatable bonds is 2. The number of nitro benzene ring substituents is 1. The highest BCUT2D eigenvalue weighted by Gasteiger charge is 2.27. The number of aryl methyl sites for hydroxylation is 1. The van der Waals surface area contributed by atoms with Gasteiger partial charge in [0.05, 0.1) is 4.92 Å². The Bertz CT molecular complexity index is 437. The SMILES string of the molecule is Cc1cc(N2CC(C)C(N)C2)cc([N+](=O)[O-])c1. The molecule has 2 unspecified atom stereocenters. The Morgan fingerprint density at radius 3 is 2.65 bits per heavy atom. The number of nitrogens with zero attached hydrogens (tertiary/aromatic N) is 2. The number of nitrogens with two attached hydrogens (primary N) is 1. The molecule has 2 N–H and O–H groups in total. The van der Waals surface area contributed by atoms with E-state index in [0.717, 1.165) is 24.3 Å². The van der Waals surface area contributed by atoms with Crippen molar-refractivity contribution in [2.45, 2.75) is 19.9 Å². The summed E-state index contributed by atoms with van der Waals surface area (Å²) in [4.78, 5) is 12.6. The van der Waals surface area contributed by atoms with Gasteiger partial charge in [0.1, 0.15) is 0 Å². The van der Waals surface area contributed by atoms with Gasteiger partial charge in [-0.1, -0.05) is 6.92 Å². The first-order chi connectivity index (χ1) is 7.97. The van der Waals surface area contributed by atoms with Gasteiger partial charge in [-0.3, -0.25) is 10.1 Å². The van der Waals surface area contributed by atoms with Crippen molar-refractivity contribution in [1.82, 2.24) is 0 Å². The first-order valence-electron chi connectivity index (χ1n) is 5.74. The molecule has 1 fully saturated rings. The average molecular weight is 235 g/mol. The van der Waals surface area contributed by atoms with Gasteiger partial charge in [-0.2, -0.15) is 0 Å². The van der Waals surface area contributed by atoms with Gasteiger partial charge in [-0.15, -0.1) is 0 Å². The minimum Gasteiger partial charge on any atom is -0.369 e. The third-order valence-electron chi connectivity index (χ3n) is 3.29. The van der Waals surface area contributed by atoms with E-state index in [2.05, 4.69) is 11.8 Å². The summed E-state index contributed by atoms with van der Waals surface area (Å²) in [5, 5.41) is 10.8. The van der Waals surface area contributed by atoms with Crippen LogP contribution < -0.4 is 10.6 Å². The number of hydrogen-bond donors (Lipinski definition) is 1. The van der Waals surface area contributed by atoms with Gasteiger partial charge in [-0.05, 0) is 24.5 Å². The Morgan fingerprint density at radius 2 is 2.12 bits per heavy atom. The standard InChI is InChI=1S/C12H17N3O2/c1-8-3-10(5-11(4-8)15(16)17)14-6-9(2)12(13)7-14/h3-5,9,12H,6-7,13H2,1-2H3. The number of hydrogen-bond acceptors (Lipinski definition) is 4. The van der Waals surface area contributed by atoms with Crippen LogP contribution in [0.25, 0.3) is 0 Å². The fraction of sp³-hybridized carbons (Fsp3) is 0.500. The van der Waals surface area contributed by atoms with E-state index < -0.39 is 0 Å². The Morgan fingerprint density at radius 1 is 1.41 bits per heavy atom. The number of non-ortho nitro benzene ring substituents is 1. The molecule has 1 aromatic carbocycles. The molecule has 0 aromatic heterocycles. The van der Waals surface area contributed by atoms with E-state index in [-0.39, 0.29) is 16.7 Å². The van der Waals surface area contributed by atoms with Crippen LogP contribution in [0.5, 0.6) is 0 Å². The molecular weight excluding hydrogens is 218 g/mol. The van der Waals surface area contributed by atoms with Gasteiger partial charge in [-0.25, -0.2) is 0 Å². The van der Waals surface area contributed by atoms with Crippen molar-refractivity contribution in [2.24, 2.45) is 11.7 Å². The summed E-state index contributed by atoms with van der Waals surface area (Å²) in [5.74, 6) is 0.426. The summed E-state index contributed by atoms with van der Waals surface area (Å²) in [7, 11) is 0. The lowest BCUT2D eigenvalue weighted by Gasteiger charge is -2.18. The normalized spacial score (nSPS) is 24.1. The molecule has 0 saturated carbocycles. The monoisotopic (exact) mass is 235 g/mol. The van der Waals surface area contributed by atoms with Crippen molar-refractivity contribution in [2.75, 3.05) is 18.0 Å². The summed E-state index contributed by atoms with van der Waals surface area (Å²) < 4.78 is 0. The van der Waals surface area contributed by atoms with Crippen molar-refractivity contribution in [1.29, 1.82) is 0 Å². The maximum Gasteiger partial charge on any atom is 0.271 e. The Labute approximate surface area is 100 Å². The molecule has 5 nitrogen and oxygen atoms in total. The van der Waals surface area contributed by atoms with E-state index in [1.807, 2.05) is 13.0 Å². The Hall–Kier alpha value is -1.62. The largest absolute Gasteiger partial charge is 0.369 e. The molecule has 0 bridgehead atoms. The second kappa shape index (κ2) is 4.33. The number of benzene rings is 1. The zero-order valence-electron chi connectivity index (χ0n) is 10.1. The molecule has 2 atom stereocenters. The zero-order chi connectivity index (χ0) is 12.6. The molecule has 5 heteroatoms. The first kappa shape index (κ1) is 11.9. The van der Waals surface area contributed by atoms with Crippen LogP contribution in [-0.2, 0) is 0 Å². The smallest absolute Gasteiger partial charge is 0.271 e. The number of anilines is 1. The fourth-order valence-corrected chi connectivity index (χ4v) is 2.23. The molecule has 1 aliphatic rings. The molecule has 92 valence electrons. The Kier molecular flexibility index (Phi) is 3.02. The third kappa shape index (κ3) is 2.39. The van der Waals surface area contributed by atoms with Crippen molar-refractivity contribution in [3.05, 3.63) is 33.9 Å². The van der Waals surface area contributed by atoms with Crippen molar-refractivity contribution in [3.8, 4) is 0 Å². The second-order valence-electron chi connectivity index (χ2n) is 4.83. The molecule has 0 amide bonds. The zero-order valence-corrected chi connectivity index (χ0v) is 10.1. The molecular formula is C12H17N3O2. The van der Waals surface area contributed by atoms with Crippen LogP contribution in [0.3, 0.4) is 0 Å². The topological polar surface area (TPSA) is 72.4 Å². The predicted molar refractivity (Wildman–Crippen MR) is 67.2 cm³/mol. The van der Waals surface area contributed by atoms with Crippen molar-refractivity contribution < 1.29 is 4.92 Å². The van der Waals surface area contributed by atoms with Crippen molar-refractivity contribution in [3.63, 3.8) is 0 Å². The minimum absolute atomic E-state index is 0.146. The van der Waals surface area contributed by atoms with E-state index in [1.165, 1.54) is 0 Å². The highest BCUT2D eigenvalue weighted by Crippen LogP contribution is 2.27. The summed E-state index contributed by atoms with van der Waals surface area (Å²) in [6, 6.07) is 5.33. The maximum atomic E-state index is 10.8. The third-order valence-corrected chi connectivity index (χ3v) is 3.29. The molecule has 17 heavy (non-hydrogen) atoms. The van der Waals surface area contributed by atoms with Gasteiger partial charge in [0, 0.05) is 37.0 Å². The van der Waals surface area contributed by atoms with Gasteiger partial charge >= 0.3 is 0 Å². The summed E-state index contributed by atoms with van der Waals surface area (Å²) in [6.45, 7) is 5.61. The molecule has 1 aromatic rings. The maximum absolute atomic E-state index is 10.8. The summed E-state index contributed by atoms with van der Waals surface area (Å²) >= 11 is 0. The highest BCUT2D eigenvalue weighted by atomic mass is 16.6. The first-order valence-corrected chi connectivity index (χ1v) is 5.74. The highest BCUT2D eigenvalue weighted by molar-refractivity contribution is 5.56. The van der Waals surface area contributed by atoms with Crippen LogP contribution in [0, 0.1) is 23.0 Å². The van der Waals surface area contributed by atoms with E-state index in [4.69, 9.17) is 5.73 Å². The van der Waals surface area contributed by atoms with Crippen LogP contribution in [0.1, 0.15) is 12.5 Å². The van der Waals surface area contributed by atoms with E-state index >= 15 is 0 Å².